The third-order valence-corrected chi connectivity index (χ3v) is 2.90. The highest BCUT2D eigenvalue weighted by Crippen LogP contribution is 2.22. The Kier molecular flexibility index (Phi) is 3.05. The number of aryl methyl sites for hydroxylation is 1. The highest BCUT2D eigenvalue weighted by Gasteiger charge is 2.18. The predicted octanol–water partition coefficient (Wildman–Crippen LogP) is 0.307. The molecule has 0 bridgehead atoms. The third-order valence-electron chi connectivity index (χ3n) is 2.17. The summed E-state index contributed by atoms with van der Waals surface area (Å²) in [4.78, 5) is 0.979. The number of nitrogens with one attached hydrogen (secondary N) is 1. The lowest BCUT2D eigenvalue weighted by Crippen LogP contribution is -2.30. The van der Waals surface area contributed by atoms with Crippen LogP contribution < -0.4 is 11.3 Å². The molecule has 0 radical (unpaired) electrons. The monoisotopic (exact) mass is 224 g/mol. The van der Waals surface area contributed by atoms with E-state index in [0.717, 1.165) is 17.1 Å². The van der Waals surface area contributed by atoms with Crippen molar-refractivity contribution in [2.75, 3.05) is 0 Å². The number of hydrogen-bond donors (Lipinski definition) is 2. The van der Waals surface area contributed by atoms with E-state index in [1.807, 2.05) is 17.7 Å². The van der Waals surface area contributed by atoms with Gasteiger partial charge in [-0.1, -0.05) is 4.49 Å². The van der Waals surface area contributed by atoms with Gasteiger partial charge in [-0.25, -0.2) is 5.43 Å². The minimum atomic E-state index is -0.0903. The van der Waals surface area contributed by atoms with Gasteiger partial charge in [0, 0.05) is 12.7 Å². The Labute approximate surface area is 91.2 Å². The number of rotatable bonds is 4. The molecule has 80 valence electrons. The normalized spacial score (nSPS) is 12.9. The van der Waals surface area contributed by atoms with E-state index in [2.05, 4.69) is 20.1 Å². The molecule has 0 aliphatic heterocycles. The van der Waals surface area contributed by atoms with Crippen molar-refractivity contribution in [2.45, 2.75) is 19.5 Å². The maximum Gasteiger partial charge on any atom is 0.100 e. The minimum Gasteiger partial charge on any atom is -0.270 e. The standard InChI is InChI=1S/C8H12N6S/c1-2-14-6(3-4-11-14)8(12-9)7-5-10-13-15-7/h3-5,8,12H,2,9H2,1H3. The van der Waals surface area contributed by atoms with Crippen LogP contribution in [-0.4, -0.2) is 19.4 Å². The Hall–Kier alpha value is -1.31. The van der Waals surface area contributed by atoms with Crippen molar-refractivity contribution in [1.29, 1.82) is 0 Å². The molecule has 0 saturated heterocycles. The van der Waals surface area contributed by atoms with E-state index in [1.54, 1.807) is 12.4 Å². The van der Waals surface area contributed by atoms with Crippen LogP contribution in [0, 0.1) is 0 Å². The molecule has 0 aliphatic rings. The van der Waals surface area contributed by atoms with Gasteiger partial charge in [-0.2, -0.15) is 5.10 Å². The number of hydrazine groups is 1. The van der Waals surface area contributed by atoms with Gasteiger partial charge in [-0.05, 0) is 24.5 Å². The molecule has 1 unspecified atom stereocenters. The lowest BCUT2D eigenvalue weighted by molar-refractivity contribution is 0.548. The van der Waals surface area contributed by atoms with Gasteiger partial charge in [0.1, 0.15) is 6.04 Å². The summed E-state index contributed by atoms with van der Waals surface area (Å²) in [6.07, 6.45) is 3.47. The van der Waals surface area contributed by atoms with Crippen molar-refractivity contribution in [2.24, 2.45) is 5.84 Å². The van der Waals surface area contributed by atoms with E-state index in [9.17, 15) is 0 Å². The summed E-state index contributed by atoms with van der Waals surface area (Å²) in [6.45, 7) is 2.85. The summed E-state index contributed by atoms with van der Waals surface area (Å²) >= 11 is 1.33. The van der Waals surface area contributed by atoms with Gasteiger partial charge in [0.15, 0.2) is 0 Å². The molecule has 2 heterocycles. The van der Waals surface area contributed by atoms with Crippen LogP contribution in [0.3, 0.4) is 0 Å². The van der Waals surface area contributed by atoms with Crippen LogP contribution in [-0.2, 0) is 6.54 Å². The predicted molar refractivity (Wildman–Crippen MR) is 57.0 cm³/mol. The molecule has 2 rings (SSSR count). The van der Waals surface area contributed by atoms with Gasteiger partial charge >= 0.3 is 0 Å². The molecule has 0 fully saturated rings. The van der Waals surface area contributed by atoms with Crippen LogP contribution in [0.5, 0.6) is 0 Å². The van der Waals surface area contributed by atoms with Crippen molar-refractivity contribution in [3.63, 3.8) is 0 Å². The van der Waals surface area contributed by atoms with Crippen molar-refractivity contribution in [3.05, 3.63) is 29.0 Å². The van der Waals surface area contributed by atoms with Gasteiger partial charge in [-0.15, -0.1) is 5.10 Å². The fourth-order valence-corrected chi connectivity index (χ4v) is 2.04. The fraction of sp³-hybridized carbons (Fsp3) is 0.375. The molecular formula is C8H12N6S. The average molecular weight is 224 g/mol. The van der Waals surface area contributed by atoms with Crippen molar-refractivity contribution >= 4 is 11.5 Å². The first-order chi connectivity index (χ1) is 7.36. The molecule has 0 spiro atoms. The molecule has 3 N–H and O–H groups in total. The van der Waals surface area contributed by atoms with Gasteiger partial charge < -0.3 is 0 Å². The van der Waals surface area contributed by atoms with E-state index in [4.69, 9.17) is 5.84 Å². The molecule has 0 aromatic carbocycles. The van der Waals surface area contributed by atoms with Crippen LogP contribution in [0.25, 0.3) is 0 Å². The minimum absolute atomic E-state index is 0.0903. The number of nitrogens with zero attached hydrogens (tertiary/aromatic N) is 4. The number of nitrogens with two attached hydrogens (primary N) is 1. The number of hydrogen-bond acceptors (Lipinski definition) is 6. The van der Waals surface area contributed by atoms with E-state index in [1.165, 1.54) is 11.5 Å². The molecule has 2 aromatic heterocycles. The SMILES string of the molecule is CCn1nccc1C(NN)c1cnns1. The Balaban J connectivity index is 2.35. The molecule has 6 nitrogen and oxygen atoms in total. The second-order valence-electron chi connectivity index (χ2n) is 2.99. The summed E-state index contributed by atoms with van der Waals surface area (Å²) < 4.78 is 5.72. The van der Waals surface area contributed by atoms with Gasteiger partial charge in [0.05, 0.1) is 16.8 Å². The van der Waals surface area contributed by atoms with E-state index in [-0.39, 0.29) is 6.04 Å². The van der Waals surface area contributed by atoms with Gasteiger partial charge in [0.2, 0.25) is 0 Å². The molecule has 15 heavy (non-hydrogen) atoms. The Bertz CT molecular complexity index is 408. The Morgan fingerprint density at radius 2 is 2.53 bits per heavy atom. The molecular weight excluding hydrogens is 212 g/mol. The van der Waals surface area contributed by atoms with Crippen molar-refractivity contribution in [3.8, 4) is 0 Å². The second kappa shape index (κ2) is 4.47. The molecule has 0 aliphatic carbocycles. The smallest absolute Gasteiger partial charge is 0.100 e. The summed E-state index contributed by atoms with van der Waals surface area (Å²) in [5.41, 5.74) is 3.77. The lowest BCUT2D eigenvalue weighted by atomic mass is 10.2. The fourth-order valence-electron chi connectivity index (χ4n) is 1.47. The highest BCUT2D eigenvalue weighted by molar-refractivity contribution is 7.05. The van der Waals surface area contributed by atoms with E-state index < -0.39 is 0 Å². The second-order valence-corrected chi connectivity index (χ2v) is 3.81. The summed E-state index contributed by atoms with van der Waals surface area (Å²) in [5, 5.41) is 8.00. The third kappa shape index (κ3) is 1.89. The average Bonchev–Trinajstić information content (AvgIpc) is 2.89. The summed E-state index contributed by atoms with van der Waals surface area (Å²) in [7, 11) is 0. The van der Waals surface area contributed by atoms with E-state index >= 15 is 0 Å². The zero-order valence-corrected chi connectivity index (χ0v) is 9.11. The van der Waals surface area contributed by atoms with Gasteiger partial charge in [-0.3, -0.25) is 10.5 Å². The van der Waals surface area contributed by atoms with Gasteiger partial charge in [0.25, 0.3) is 0 Å². The maximum absolute atomic E-state index is 5.54. The van der Waals surface area contributed by atoms with Crippen LogP contribution in [0.4, 0.5) is 0 Å². The quantitative estimate of drug-likeness (QED) is 0.577. The van der Waals surface area contributed by atoms with Crippen LogP contribution in [0.15, 0.2) is 18.5 Å². The molecule has 2 aromatic rings. The first kappa shape index (κ1) is 10.2. The molecule has 0 amide bonds. The van der Waals surface area contributed by atoms with Crippen molar-refractivity contribution < 1.29 is 0 Å². The zero-order chi connectivity index (χ0) is 10.7. The summed E-state index contributed by atoms with van der Waals surface area (Å²) in [5.74, 6) is 5.54. The lowest BCUT2D eigenvalue weighted by Gasteiger charge is -2.14. The van der Waals surface area contributed by atoms with Crippen molar-refractivity contribution in [1.82, 2.24) is 24.8 Å². The topological polar surface area (TPSA) is 81.7 Å². The zero-order valence-electron chi connectivity index (χ0n) is 8.29. The summed E-state index contributed by atoms with van der Waals surface area (Å²) in [6, 6.07) is 1.85. The molecule has 1 atom stereocenters. The largest absolute Gasteiger partial charge is 0.270 e. The number of aromatic nitrogens is 4. The first-order valence-corrected chi connectivity index (χ1v) is 5.39. The maximum atomic E-state index is 5.54. The van der Waals surface area contributed by atoms with E-state index in [0.29, 0.717) is 0 Å². The van der Waals surface area contributed by atoms with Crippen LogP contribution in [0.1, 0.15) is 23.5 Å². The molecule has 0 saturated carbocycles. The first-order valence-electron chi connectivity index (χ1n) is 4.62. The van der Waals surface area contributed by atoms with Crippen LogP contribution in [0.2, 0.25) is 0 Å². The molecule has 7 heteroatoms. The Morgan fingerprint density at radius 1 is 1.67 bits per heavy atom. The van der Waals surface area contributed by atoms with Crippen LogP contribution >= 0.6 is 11.5 Å². The highest BCUT2D eigenvalue weighted by atomic mass is 32.1. The Morgan fingerprint density at radius 3 is 3.13 bits per heavy atom.